The molecule has 0 bridgehead atoms. The molecule has 1 heterocycles. The minimum Gasteiger partial charge on any atom is -0.339 e. The first-order chi connectivity index (χ1) is 8.22. The van der Waals surface area contributed by atoms with E-state index in [0.717, 1.165) is 12.8 Å². The van der Waals surface area contributed by atoms with Gasteiger partial charge in [0.15, 0.2) is 0 Å². The van der Waals surface area contributed by atoms with Gasteiger partial charge >= 0.3 is 0 Å². The molecule has 0 saturated heterocycles. The summed E-state index contributed by atoms with van der Waals surface area (Å²) in [6, 6.07) is 5.55. The van der Waals surface area contributed by atoms with E-state index in [0.29, 0.717) is 17.3 Å². The molecule has 4 nitrogen and oxygen atoms in total. The molecule has 1 aliphatic carbocycles. The number of amides is 1. The van der Waals surface area contributed by atoms with Crippen LogP contribution in [0.1, 0.15) is 41.7 Å². The van der Waals surface area contributed by atoms with E-state index < -0.39 is 0 Å². The predicted octanol–water partition coefficient (Wildman–Crippen LogP) is 1.97. The maximum Gasteiger partial charge on any atom is 0.255 e. The molecule has 0 unspecified atom stereocenters. The smallest absolute Gasteiger partial charge is 0.255 e. The van der Waals surface area contributed by atoms with Crippen LogP contribution in [0.15, 0.2) is 18.3 Å². The number of rotatable bonds is 2. The first-order valence-electron chi connectivity index (χ1n) is 5.85. The molecule has 1 aliphatic rings. The Kier molecular flexibility index (Phi) is 3.38. The molecule has 1 aromatic rings. The average Bonchev–Trinajstić information content (AvgIpc) is 2.91. The second kappa shape index (κ2) is 4.96. The van der Waals surface area contributed by atoms with Gasteiger partial charge in [0, 0.05) is 19.3 Å². The number of pyridine rings is 1. The van der Waals surface area contributed by atoms with Crippen LogP contribution in [0.4, 0.5) is 0 Å². The third-order valence-corrected chi connectivity index (χ3v) is 3.32. The van der Waals surface area contributed by atoms with Gasteiger partial charge in [-0.2, -0.15) is 5.26 Å². The fourth-order valence-corrected chi connectivity index (χ4v) is 2.25. The highest BCUT2D eigenvalue weighted by atomic mass is 16.2. The first kappa shape index (κ1) is 11.6. The van der Waals surface area contributed by atoms with E-state index in [9.17, 15) is 4.79 Å². The van der Waals surface area contributed by atoms with Crippen LogP contribution in [0, 0.1) is 11.3 Å². The third-order valence-electron chi connectivity index (χ3n) is 3.32. The lowest BCUT2D eigenvalue weighted by Gasteiger charge is -2.24. The number of hydrogen-bond acceptors (Lipinski definition) is 3. The molecule has 0 aromatic carbocycles. The van der Waals surface area contributed by atoms with Crippen molar-refractivity contribution in [2.75, 3.05) is 7.05 Å². The topological polar surface area (TPSA) is 57.0 Å². The second-order valence-electron chi connectivity index (χ2n) is 4.40. The van der Waals surface area contributed by atoms with Crippen molar-refractivity contribution in [3.8, 4) is 6.07 Å². The van der Waals surface area contributed by atoms with E-state index in [1.165, 1.54) is 19.0 Å². The third kappa shape index (κ3) is 2.44. The SMILES string of the molecule is CN(C(=O)c1ccc(C#N)nc1)C1CCCC1. The molecular formula is C13H15N3O. The Labute approximate surface area is 101 Å². The van der Waals surface area contributed by atoms with Gasteiger partial charge in [-0.05, 0) is 25.0 Å². The van der Waals surface area contributed by atoms with Crippen LogP contribution in [-0.4, -0.2) is 28.9 Å². The van der Waals surface area contributed by atoms with Gasteiger partial charge in [-0.1, -0.05) is 12.8 Å². The highest BCUT2D eigenvalue weighted by molar-refractivity contribution is 5.94. The molecule has 0 aliphatic heterocycles. The molecule has 2 rings (SSSR count). The van der Waals surface area contributed by atoms with Crippen molar-refractivity contribution in [3.05, 3.63) is 29.6 Å². The summed E-state index contributed by atoms with van der Waals surface area (Å²) in [7, 11) is 1.84. The largest absolute Gasteiger partial charge is 0.339 e. The van der Waals surface area contributed by atoms with Crippen LogP contribution >= 0.6 is 0 Å². The molecule has 1 aromatic heterocycles. The van der Waals surface area contributed by atoms with E-state index >= 15 is 0 Å². The van der Waals surface area contributed by atoms with Gasteiger partial charge in [-0.15, -0.1) is 0 Å². The number of carbonyl (C=O) groups excluding carboxylic acids is 1. The minimum absolute atomic E-state index is 0.00566. The van der Waals surface area contributed by atoms with Crippen LogP contribution < -0.4 is 0 Å². The summed E-state index contributed by atoms with van der Waals surface area (Å²) in [4.78, 5) is 17.9. The maximum atomic E-state index is 12.1. The van der Waals surface area contributed by atoms with E-state index in [1.807, 2.05) is 13.1 Å². The zero-order valence-corrected chi connectivity index (χ0v) is 9.89. The molecule has 1 fully saturated rings. The molecule has 88 valence electrons. The zero-order valence-electron chi connectivity index (χ0n) is 9.89. The normalized spacial score (nSPS) is 15.5. The van der Waals surface area contributed by atoms with Crippen LogP contribution in [0.5, 0.6) is 0 Å². The lowest BCUT2D eigenvalue weighted by molar-refractivity contribution is 0.0735. The monoisotopic (exact) mass is 229 g/mol. The zero-order chi connectivity index (χ0) is 12.3. The molecule has 0 N–H and O–H groups in total. The van der Waals surface area contributed by atoms with Crippen LogP contribution in [0.25, 0.3) is 0 Å². The summed E-state index contributed by atoms with van der Waals surface area (Å²) in [5, 5.41) is 8.64. The summed E-state index contributed by atoms with van der Waals surface area (Å²) in [5.74, 6) is -0.00566. The lowest BCUT2D eigenvalue weighted by atomic mass is 10.1. The van der Waals surface area contributed by atoms with Crippen molar-refractivity contribution in [3.63, 3.8) is 0 Å². The van der Waals surface area contributed by atoms with E-state index in [4.69, 9.17) is 5.26 Å². The quantitative estimate of drug-likeness (QED) is 0.779. The summed E-state index contributed by atoms with van der Waals surface area (Å²) in [6.45, 7) is 0. The number of carbonyl (C=O) groups is 1. The summed E-state index contributed by atoms with van der Waals surface area (Å²) in [5.41, 5.74) is 0.892. The highest BCUT2D eigenvalue weighted by Crippen LogP contribution is 2.23. The molecule has 1 amide bonds. The van der Waals surface area contributed by atoms with Gasteiger partial charge in [0.2, 0.25) is 0 Å². The molecule has 0 radical (unpaired) electrons. The number of nitriles is 1. The van der Waals surface area contributed by atoms with Gasteiger partial charge < -0.3 is 4.90 Å². The Morgan fingerprint density at radius 2 is 2.18 bits per heavy atom. The highest BCUT2D eigenvalue weighted by Gasteiger charge is 2.24. The molecule has 4 heteroatoms. The molecular weight excluding hydrogens is 214 g/mol. The van der Waals surface area contributed by atoms with Gasteiger partial charge in [0.25, 0.3) is 5.91 Å². The van der Waals surface area contributed by atoms with Gasteiger partial charge in [-0.3, -0.25) is 4.79 Å². The van der Waals surface area contributed by atoms with E-state index in [-0.39, 0.29) is 5.91 Å². The van der Waals surface area contributed by atoms with E-state index in [2.05, 4.69) is 4.98 Å². The van der Waals surface area contributed by atoms with Crippen LogP contribution in [0.3, 0.4) is 0 Å². The Morgan fingerprint density at radius 3 is 2.71 bits per heavy atom. The van der Waals surface area contributed by atoms with Crippen molar-refractivity contribution >= 4 is 5.91 Å². The fourth-order valence-electron chi connectivity index (χ4n) is 2.25. The first-order valence-corrected chi connectivity index (χ1v) is 5.85. The van der Waals surface area contributed by atoms with Crippen LogP contribution in [0.2, 0.25) is 0 Å². The second-order valence-corrected chi connectivity index (χ2v) is 4.40. The molecule has 0 atom stereocenters. The van der Waals surface area contributed by atoms with Crippen LogP contribution in [-0.2, 0) is 0 Å². The Bertz CT molecular complexity index is 441. The number of aromatic nitrogens is 1. The lowest BCUT2D eigenvalue weighted by Crippen LogP contribution is -2.35. The van der Waals surface area contributed by atoms with E-state index in [1.54, 1.807) is 17.0 Å². The summed E-state index contributed by atoms with van der Waals surface area (Å²) >= 11 is 0. The Balaban J connectivity index is 2.10. The van der Waals surface area contributed by atoms with Gasteiger partial charge in [0.05, 0.1) is 5.56 Å². The fraction of sp³-hybridized carbons (Fsp3) is 0.462. The average molecular weight is 229 g/mol. The maximum absolute atomic E-state index is 12.1. The van der Waals surface area contributed by atoms with Crippen molar-refractivity contribution in [1.82, 2.24) is 9.88 Å². The number of hydrogen-bond donors (Lipinski definition) is 0. The van der Waals surface area contributed by atoms with Crippen molar-refractivity contribution in [2.24, 2.45) is 0 Å². The van der Waals surface area contributed by atoms with Crippen molar-refractivity contribution < 1.29 is 4.79 Å². The summed E-state index contributed by atoms with van der Waals surface area (Å²) in [6.07, 6.45) is 6.06. The summed E-state index contributed by atoms with van der Waals surface area (Å²) < 4.78 is 0. The minimum atomic E-state index is -0.00566. The van der Waals surface area contributed by atoms with Crippen molar-refractivity contribution in [1.29, 1.82) is 5.26 Å². The Hall–Kier alpha value is -1.89. The van der Waals surface area contributed by atoms with Gasteiger partial charge in [-0.25, -0.2) is 4.98 Å². The van der Waals surface area contributed by atoms with Gasteiger partial charge in [0.1, 0.15) is 11.8 Å². The number of nitrogens with zero attached hydrogens (tertiary/aromatic N) is 3. The van der Waals surface area contributed by atoms with Crippen molar-refractivity contribution in [2.45, 2.75) is 31.7 Å². The standard InChI is InChI=1S/C13H15N3O/c1-16(12-4-2-3-5-12)13(17)10-6-7-11(8-14)15-9-10/h6-7,9,12H,2-5H2,1H3. The predicted molar refractivity (Wildman–Crippen MR) is 63.3 cm³/mol. The Morgan fingerprint density at radius 1 is 1.47 bits per heavy atom. The molecule has 1 saturated carbocycles. The molecule has 17 heavy (non-hydrogen) atoms. The molecule has 0 spiro atoms.